The van der Waals surface area contributed by atoms with Crippen molar-refractivity contribution in [3.63, 3.8) is 0 Å². The molecule has 3 heteroatoms. The fourth-order valence-corrected chi connectivity index (χ4v) is 3.17. The molecule has 0 radical (unpaired) electrons. The molecule has 1 N–H and O–H groups in total. The van der Waals surface area contributed by atoms with Crippen LogP contribution >= 0.6 is 0 Å². The number of benzene rings is 2. The molecule has 0 aromatic heterocycles. The van der Waals surface area contributed by atoms with Crippen molar-refractivity contribution in [3.8, 4) is 0 Å². The largest absolute Gasteiger partial charge is 0.350 e. The van der Waals surface area contributed by atoms with E-state index >= 15 is 0 Å². The lowest BCUT2D eigenvalue weighted by Gasteiger charge is -2.39. The predicted molar refractivity (Wildman–Crippen MR) is 88.9 cm³/mol. The molecular weight excluding hydrogens is 272 g/mol. The summed E-state index contributed by atoms with van der Waals surface area (Å²) in [5.74, 6) is -0.00953. The van der Waals surface area contributed by atoms with Gasteiger partial charge in [-0.2, -0.15) is 0 Å². The molecule has 1 amide bonds. The zero-order chi connectivity index (χ0) is 15.5. The number of fused-ring (bicyclic) bond motifs is 1. The third kappa shape index (κ3) is 2.90. The summed E-state index contributed by atoms with van der Waals surface area (Å²) < 4.78 is 0. The molecule has 0 bridgehead atoms. The molecule has 2 aromatic carbocycles. The van der Waals surface area contributed by atoms with Crippen LogP contribution in [0, 0.1) is 0 Å². The Morgan fingerprint density at radius 1 is 1.14 bits per heavy atom. The highest BCUT2D eigenvalue weighted by molar-refractivity contribution is 5.94. The molecule has 0 spiro atoms. The van der Waals surface area contributed by atoms with E-state index in [1.54, 1.807) is 0 Å². The molecule has 0 fully saturated rings. The lowest BCUT2D eigenvalue weighted by molar-refractivity contribution is 0.0923. The Hall–Kier alpha value is -2.13. The number of carbonyl (C=O) groups is 1. The van der Waals surface area contributed by atoms with Gasteiger partial charge in [0.15, 0.2) is 0 Å². The maximum absolute atomic E-state index is 12.3. The first-order chi connectivity index (χ1) is 10.7. The van der Waals surface area contributed by atoms with Crippen molar-refractivity contribution < 1.29 is 4.79 Å². The van der Waals surface area contributed by atoms with E-state index in [1.165, 1.54) is 11.1 Å². The number of nitrogens with zero attached hydrogens (tertiary/aromatic N) is 1. The summed E-state index contributed by atoms with van der Waals surface area (Å²) in [7, 11) is 2.14. The highest BCUT2D eigenvalue weighted by Gasteiger charge is 2.29. The van der Waals surface area contributed by atoms with Crippen molar-refractivity contribution in [1.29, 1.82) is 0 Å². The Morgan fingerprint density at radius 3 is 2.59 bits per heavy atom. The van der Waals surface area contributed by atoms with Crippen LogP contribution in [0.1, 0.15) is 34.5 Å². The molecule has 2 atom stereocenters. The second-order valence-corrected chi connectivity index (χ2v) is 6.01. The Bertz CT molecular complexity index is 653. The van der Waals surface area contributed by atoms with Gasteiger partial charge in [-0.05, 0) is 43.7 Å². The zero-order valence-corrected chi connectivity index (χ0v) is 13.1. The van der Waals surface area contributed by atoms with Crippen LogP contribution in [0.25, 0.3) is 0 Å². The first-order valence-electron chi connectivity index (χ1n) is 7.80. The van der Waals surface area contributed by atoms with Crippen LogP contribution in [0.4, 0.5) is 0 Å². The number of carbonyl (C=O) groups excluding carboxylic acids is 1. The molecule has 1 aliphatic rings. The molecule has 0 saturated heterocycles. The average Bonchev–Trinajstić information content (AvgIpc) is 2.56. The average molecular weight is 294 g/mol. The quantitative estimate of drug-likeness (QED) is 0.943. The predicted octanol–water partition coefficient (Wildman–Crippen LogP) is 3.03. The minimum atomic E-state index is -0.00953. The lowest BCUT2D eigenvalue weighted by atomic mass is 9.89. The molecule has 114 valence electrons. The minimum Gasteiger partial charge on any atom is -0.350 e. The maximum atomic E-state index is 12.3. The van der Waals surface area contributed by atoms with Gasteiger partial charge in [0.25, 0.3) is 5.91 Å². The summed E-state index contributed by atoms with van der Waals surface area (Å²) in [4.78, 5) is 14.6. The highest BCUT2D eigenvalue weighted by atomic mass is 16.1. The smallest absolute Gasteiger partial charge is 0.251 e. The van der Waals surface area contributed by atoms with E-state index in [0.717, 1.165) is 6.42 Å². The molecule has 1 heterocycles. The number of likely N-dealkylation sites (N-methyl/N-ethyl adjacent to an activating group) is 1. The number of nitrogens with one attached hydrogen (secondary N) is 1. The summed E-state index contributed by atoms with van der Waals surface area (Å²) in [5.41, 5.74) is 3.44. The van der Waals surface area contributed by atoms with Crippen LogP contribution in [0.15, 0.2) is 54.6 Å². The number of hydrogen-bond donors (Lipinski definition) is 1. The highest BCUT2D eigenvalue weighted by Crippen LogP contribution is 2.31. The van der Waals surface area contributed by atoms with Crippen molar-refractivity contribution in [1.82, 2.24) is 10.2 Å². The maximum Gasteiger partial charge on any atom is 0.251 e. The summed E-state index contributed by atoms with van der Waals surface area (Å²) >= 11 is 0. The van der Waals surface area contributed by atoms with Crippen molar-refractivity contribution in [2.45, 2.75) is 25.4 Å². The van der Waals surface area contributed by atoms with Gasteiger partial charge in [-0.1, -0.05) is 42.5 Å². The zero-order valence-electron chi connectivity index (χ0n) is 13.1. The van der Waals surface area contributed by atoms with Gasteiger partial charge in [0.2, 0.25) is 0 Å². The molecule has 3 nitrogen and oxygen atoms in total. The lowest BCUT2D eigenvalue weighted by Crippen LogP contribution is -2.44. The molecule has 1 aliphatic heterocycles. The molecule has 22 heavy (non-hydrogen) atoms. The van der Waals surface area contributed by atoms with Gasteiger partial charge in [0.05, 0.1) is 6.04 Å². The fraction of sp³-hybridized carbons (Fsp3) is 0.316. The van der Waals surface area contributed by atoms with Gasteiger partial charge in [-0.3, -0.25) is 9.69 Å². The standard InChI is InChI=1S/C19H22N2O/c1-14-12-16-10-6-7-11-17(16)18(21(14)2)13-20-19(22)15-8-4-3-5-9-15/h3-11,14,18H,12-13H2,1-2H3,(H,20,22). The van der Waals surface area contributed by atoms with Gasteiger partial charge in [-0.15, -0.1) is 0 Å². The Kier molecular flexibility index (Phi) is 4.25. The monoisotopic (exact) mass is 294 g/mol. The minimum absolute atomic E-state index is 0.00953. The first kappa shape index (κ1) is 14.8. The van der Waals surface area contributed by atoms with Gasteiger partial charge < -0.3 is 5.32 Å². The van der Waals surface area contributed by atoms with E-state index in [1.807, 2.05) is 30.3 Å². The van der Waals surface area contributed by atoms with E-state index in [0.29, 0.717) is 18.2 Å². The summed E-state index contributed by atoms with van der Waals surface area (Å²) in [6, 6.07) is 18.6. The normalized spacial score (nSPS) is 21.2. The molecular formula is C19H22N2O. The summed E-state index contributed by atoms with van der Waals surface area (Å²) in [6.45, 7) is 2.87. The summed E-state index contributed by atoms with van der Waals surface area (Å²) in [6.07, 6.45) is 1.07. The summed E-state index contributed by atoms with van der Waals surface area (Å²) in [5, 5.41) is 3.08. The van der Waals surface area contributed by atoms with Crippen molar-refractivity contribution in [2.24, 2.45) is 0 Å². The van der Waals surface area contributed by atoms with E-state index in [-0.39, 0.29) is 11.9 Å². The SMILES string of the molecule is CC1Cc2ccccc2C(CNC(=O)c2ccccc2)N1C. The van der Waals surface area contributed by atoms with E-state index in [2.05, 4.69) is 48.5 Å². The van der Waals surface area contributed by atoms with Gasteiger partial charge >= 0.3 is 0 Å². The van der Waals surface area contributed by atoms with Crippen molar-refractivity contribution in [2.75, 3.05) is 13.6 Å². The number of amides is 1. The third-order valence-corrected chi connectivity index (χ3v) is 4.61. The van der Waals surface area contributed by atoms with Gasteiger partial charge in [0.1, 0.15) is 0 Å². The first-order valence-corrected chi connectivity index (χ1v) is 7.80. The molecule has 3 rings (SSSR count). The Balaban J connectivity index is 1.75. The second kappa shape index (κ2) is 6.32. The van der Waals surface area contributed by atoms with Crippen molar-refractivity contribution >= 4 is 5.91 Å². The molecule has 0 saturated carbocycles. The molecule has 2 aromatic rings. The Morgan fingerprint density at radius 2 is 1.82 bits per heavy atom. The van der Waals surface area contributed by atoms with E-state index < -0.39 is 0 Å². The van der Waals surface area contributed by atoms with Crippen LogP contribution in [0.3, 0.4) is 0 Å². The van der Waals surface area contributed by atoms with Gasteiger partial charge in [-0.25, -0.2) is 0 Å². The second-order valence-electron chi connectivity index (χ2n) is 6.01. The van der Waals surface area contributed by atoms with E-state index in [4.69, 9.17) is 0 Å². The van der Waals surface area contributed by atoms with Crippen LogP contribution < -0.4 is 5.32 Å². The molecule has 2 unspecified atom stereocenters. The van der Waals surface area contributed by atoms with Crippen LogP contribution in [0.5, 0.6) is 0 Å². The Labute approximate surface area is 132 Å². The van der Waals surface area contributed by atoms with Gasteiger partial charge in [0, 0.05) is 18.2 Å². The molecule has 0 aliphatic carbocycles. The van der Waals surface area contributed by atoms with Crippen LogP contribution in [0.2, 0.25) is 0 Å². The number of rotatable bonds is 3. The number of hydrogen-bond acceptors (Lipinski definition) is 2. The van der Waals surface area contributed by atoms with E-state index in [9.17, 15) is 4.79 Å². The van der Waals surface area contributed by atoms with Crippen LogP contribution in [-0.4, -0.2) is 30.4 Å². The topological polar surface area (TPSA) is 32.3 Å². The third-order valence-electron chi connectivity index (χ3n) is 4.61. The van der Waals surface area contributed by atoms with Crippen LogP contribution in [-0.2, 0) is 6.42 Å². The fourth-order valence-electron chi connectivity index (χ4n) is 3.17. The van der Waals surface area contributed by atoms with Crippen molar-refractivity contribution in [3.05, 3.63) is 71.3 Å².